The predicted octanol–water partition coefficient (Wildman–Crippen LogP) is 1.15. The third-order valence-corrected chi connectivity index (χ3v) is 2.88. The van der Waals surface area contributed by atoms with Gasteiger partial charge in [-0.25, -0.2) is 0 Å². The van der Waals surface area contributed by atoms with Crippen LogP contribution in [0.5, 0.6) is 0 Å². The van der Waals surface area contributed by atoms with Crippen molar-refractivity contribution in [1.29, 1.82) is 0 Å². The van der Waals surface area contributed by atoms with Gasteiger partial charge >= 0.3 is 0 Å². The third-order valence-electron chi connectivity index (χ3n) is 2.88. The minimum Gasteiger partial charge on any atom is -0.392 e. The van der Waals surface area contributed by atoms with Gasteiger partial charge in [0.05, 0.1) is 12.0 Å². The molecule has 1 aromatic rings. The molecule has 84 valence electrons. The van der Waals surface area contributed by atoms with E-state index in [0.29, 0.717) is 11.8 Å². The lowest BCUT2D eigenvalue weighted by Gasteiger charge is -2.24. The van der Waals surface area contributed by atoms with Crippen molar-refractivity contribution < 1.29 is 9.63 Å². The van der Waals surface area contributed by atoms with Crippen LogP contribution in [0.25, 0.3) is 0 Å². The molecule has 1 aliphatic rings. The van der Waals surface area contributed by atoms with Crippen LogP contribution in [0.15, 0.2) is 4.52 Å². The number of aliphatic hydroxyl groups is 1. The van der Waals surface area contributed by atoms with Gasteiger partial charge in [0.25, 0.3) is 5.95 Å². The van der Waals surface area contributed by atoms with E-state index in [1.807, 2.05) is 14.1 Å². The van der Waals surface area contributed by atoms with E-state index in [1.165, 1.54) is 0 Å². The molecular weight excluding hydrogens is 194 g/mol. The number of rotatable bonds is 2. The molecule has 0 bridgehead atoms. The topological polar surface area (TPSA) is 62.4 Å². The highest BCUT2D eigenvalue weighted by atomic mass is 16.5. The molecule has 0 aromatic carbocycles. The highest BCUT2D eigenvalue weighted by Crippen LogP contribution is 2.32. The Labute approximate surface area is 89.1 Å². The molecule has 1 aliphatic carbocycles. The molecule has 0 amide bonds. The second-order valence-electron chi connectivity index (χ2n) is 4.29. The van der Waals surface area contributed by atoms with E-state index in [9.17, 15) is 5.11 Å². The van der Waals surface area contributed by atoms with Crippen LogP contribution in [-0.4, -0.2) is 35.4 Å². The first-order chi connectivity index (χ1) is 7.18. The van der Waals surface area contributed by atoms with Gasteiger partial charge in [0.15, 0.2) is 0 Å². The first kappa shape index (κ1) is 10.4. The van der Waals surface area contributed by atoms with E-state index >= 15 is 0 Å². The zero-order chi connectivity index (χ0) is 10.8. The molecule has 0 aliphatic heterocycles. The molecule has 15 heavy (non-hydrogen) atoms. The first-order valence-electron chi connectivity index (χ1n) is 5.37. The largest absolute Gasteiger partial charge is 0.392 e. The van der Waals surface area contributed by atoms with Gasteiger partial charge in [-0.05, 0) is 18.0 Å². The molecule has 5 nitrogen and oxygen atoms in total. The van der Waals surface area contributed by atoms with Gasteiger partial charge in [-0.15, -0.1) is 0 Å². The van der Waals surface area contributed by atoms with Gasteiger partial charge in [0.2, 0.25) is 5.89 Å². The highest BCUT2D eigenvalue weighted by molar-refractivity contribution is 5.24. The van der Waals surface area contributed by atoms with Crippen molar-refractivity contribution in [3.05, 3.63) is 5.89 Å². The van der Waals surface area contributed by atoms with Gasteiger partial charge in [-0.2, -0.15) is 4.98 Å². The van der Waals surface area contributed by atoms with Crippen LogP contribution in [-0.2, 0) is 0 Å². The molecule has 0 spiro atoms. The molecule has 1 fully saturated rings. The van der Waals surface area contributed by atoms with Gasteiger partial charge < -0.3 is 14.5 Å². The molecule has 5 heteroatoms. The summed E-state index contributed by atoms with van der Waals surface area (Å²) in [5.74, 6) is 1.17. The molecule has 2 unspecified atom stereocenters. The summed E-state index contributed by atoms with van der Waals surface area (Å²) in [6, 6.07) is 0. The summed E-state index contributed by atoms with van der Waals surface area (Å²) < 4.78 is 5.17. The number of aliphatic hydroxyl groups excluding tert-OH is 1. The van der Waals surface area contributed by atoms with Crippen LogP contribution < -0.4 is 4.90 Å². The summed E-state index contributed by atoms with van der Waals surface area (Å²) in [4.78, 5) is 6.07. The normalized spacial score (nSPS) is 26.6. The Morgan fingerprint density at radius 2 is 2.07 bits per heavy atom. The van der Waals surface area contributed by atoms with E-state index in [-0.39, 0.29) is 12.0 Å². The fraction of sp³-hybridized carbons (Fsp3) is 0.800. The van der Waals surface area contributed by atoms with Crippen molar-refractivity contribution in [3.63, 3.8) is 0 Å². The Kier molecular flexibility index (Phi) is 2.90. The van der Waals surface area contributed by atoms with Crippen LogP contribution >= 0.6 is 0 Å². The zero-order valence-corrected chi connectivity index (χ0v) is 9.18. The van der Waals surface area contributed by atoms with E-state index < -0.39 is 0 Å². The molecule has 0 saturated heterocycles. The first-order valence-corrected chi connectivity index (χ1v) is 5.37. The number of aromatic nitrogens is 2. The second-order valence-corrected chi connectivity index (χ2v) is 4.29. The Balaban J connectivity index is 2.13. The lowest BCUT2D eigenvalue weighted by atomic mass is 9.86. The zero-order valence-electron chi connectivity index (χ0n) is 9.18. The van der Waals surface area contributed by atoms with Crippen molar-refractivity contribution in [2.45, 2.75) is 37.7 Å². The molecule has 1 saturated carbocycles. The average Bonchev–Trinajstić information content (AvgIpc) is 2.67. The highest BCUT2D eigenvalue weighted by Gasteiger charge is 2.29. The fourth-order valence-corrected chi connectivity index (χ4v) is 1.96. The van der Waals surface area contributed by atoms with E-state index in [1.54, 1.807) is 4.90 Å². The third kappa shape index (κ3) is 2.12. The van der Waals surface area contributed by atoms with Crippen molar-refractivity contribution in [1.82, 2.24) is 10.1 Å². The maximum atomic E-state index is 9.83. The maximum Gasteiger partial charge on any atom is 0.265 e. The molecule has 2 atom stereocenters. The standard InChI is InChI=1S/C10H17N3O2/c1-13(2)10-11-9(15-12-10)7-5-3-4-6-8(7)14/h7-8,14H,3-6H2,1-2H3. The molecule has 1 heterocycles. The Morgan fingerprint density at radius 3 is 2.67 bits per heavy atom. The number of nitrogens with zero attached hydrogens (tertiary/aromatic N) is 3. The second kappa shape index (κ2) is 4.18. The molecule has 1 N–H and O–H groups in total. The lowest BCUT2D eigenvalue weighted by molar-refractivity contribution is 0.0908. The van der Waals surface area contributed by atoms with Gasteiger partial charge in [-0.1, -0.05) is 12.8 Å². The SMILES string of the molecule is CN(C)c1noc(C2CCCCC2O)n1. The average molecular weight is 211 g/mol. The quantitative estimate of drug-likeness (QED) is 0.795. The summed E-state index contributed by atoms with van der Waals surface area (Å²) >= 11 is 0. The lowest BCUT2D eigenvalue weighted by Crippen LogP contribution is -2.22. The summed E-state index contributed by atoms with van der Waals surface area (Å²) in [6.45, 7) is 0. The van der Waals surface area contributed by atoms with Crippen LogP contribution in [0.1, 0.15) is 37.5 Å². The Bertz CT molecular complexity index is 324. The number of anilines is 1. The maximum absolute atomic E-state index is 9.83. The van der Waals surface area contributed by atoms with Crippen molar-refractivity contribution >= 4 is 5.95 Å². The Hall–Kier alpha value is -1.10. The van der Waals surface area contributed by atoms with Crippen LogP contribution in [0, 0.1) is 0 Å². The monoisotopic (exact) mass is 211 g/mol. The molecule has 1 aromatic heterocycles. The smallest absolute Gasteiger partial charge is 0.265 e. The fourth-order valence-electron chi connectivity index (χ4n) is 1.96. The van der Waals surface area contributed by atoms with Crippen LogP contribution in [0.3, 0.4) is 0 Å². The van der Waals surface area contributed by atoms with Crippen molar-refractivity contribution in [2.75, 3.05) is 19.0 Å². The van der Waals surface area contributed by atoms with Crippen molar-refractivity contribution in [2.24, 2.45) is 0 Å². The summed E-state index contributed by atoms with van der Waals surface area (Å²) in [5, 5.41) is 13.7. The van der Waals surface area contributed by atoms with Crippen LogP contribution in [0.4, 0.5) is 5.95 Å². The van der Waals surface area contributed by atoms with Crippen LogP contribution in [0.2, 0.25) is 0 Å². The number of hydrogen-bond acceptors (Lipinski definition) is 5. The Morgan fingerprint density at radius 1 is 1.33 bits per heavy atom. The summed E-state index contributed by atoms with van der Waals surface area (Å²) in [7, 11) is 3.73. The van der Waals surface area contributed by atoms with E-state index in [2.05, 4.69) is 10.1 Å². The minimum atomic E-state index is -0.325. The summed E-state index contributed by atoms with van der Waals surface area (Å²) in [6.07, 6.45) is 3.67. The summed E-state index contributed by atoms with van der Waals surface area (Å²) in [5.41, 5.74) is 0. The van der Waals surface area contributed by atoms with Gasteiger partial charge in [0.1, 0.15) is 0 Å². The molecule has 2 rings (SSSR count). The minimum absolute atomic E-state index is 0.0277. The number of hydrogen-bond donors (Lipinski definition) is 1. The van der Waals surface area contributed by atoms with E-state index in [0.717, 1.165) is 25.7 Å². The van der Waals surface area contributed by atoms with Crippen molar-refractivity contribution in [3.8, 4) is 0 Å². The van der Waals surface area contributed by atoms with E-state index in [4.69, 9.17) is 4.52 Å². The van der Waals surface area contributed by atoms with Gasteiger partial charge in [0, 0.05) is 14.1 Å². The predicted molar refractivity (Wildman–Crippen MR) is 55.8 cm³/mol. The molecule has 0 radical (unpaired) electrons. The molecular formula is C10H17N3O2. The van der Waals surface area contributed by atoms with Gasteiger partial charge in [-0.3, -0.25) is 0 Å².